The van der Waals surface area contributed by atoms with Crippen LogP contribution in [0.4, 0.5) is 5.69 Å². The van der Waals surface area contributed by atoms with E-state index in [1.807, 2.05) is 6.92 Å². The molecule has 20 heavy (non-hydrogen) atoms. The molecule has 0 unspecified atom stereocenters. The second-order valence-electron chi connectivity index (χ2n) is 4.41. The van der Waals surface area contributed by atoms with E-state index >= 15 is 0 Å². The predicted octanol–water partition coefficient (Wildman–Crippen LogP) is 3.09. The van der Waals surface area contributed by atoms with Crippen molar-refractivity contribution >= 4 is 11.7 Å². The van der Waals surface area contributed by atoms with Gasteiger partial charge in [0.15, 0.2) is 0 Å². The van der Waals surface area contributed by atoms with Crippen LogP contribution in [-0.2, 0) is 6.54 Å². The number of rotatable bonds is 4. The highest BCUT2D eigenvalue weighted by Crippen LogP contribution is 2.28. The van der Waals surface area contributed by atoms with E-state index in [4.69, 9.17) is 5.11 Å². The largest absolute Gasteiger partial charge is 0.477 e. The quantitative estimate of drug-likeness (QED) is 0.685. The van der Waals surface area contributed by atoms with Crippen molar-refractivity contribution in [2.45, 2.75) is 20.4 Å². The first-order valence-corrected chi connectivity index (χ1v) is 6.14. The first kappa shape index (κ1) is 13.8. The van der Waals surface area contributed by atoms with Gasteiger partial charge in [0.05, 0.1) is 4.92 Å². The molecule has 1 heterocycles. The SMILES string of the molecule is CCn1c(C(=O)O)ccc1-c1ccc([N+](=O)[O-])cc1C. The lowest BCUT2D eigenvalue weighted by molar-refractivity contribution is -0.384. The number of non-ortho nitro benzene ring substituents is 1. The summed E-state index contributed by atoms with van der Waals surface area (Å²) in [6.45, 7) is 4.15. The Balaban J connectivity index is 2.57. The Labute approximate surface area is 115 Å². The van der Waals surface area contributed by atoms with Crippen LogP contribution in [0.2, 0.25) is 0 Å². The number of carboxylic acids is 1. The molecule has 0 aliphatic carbocycles. The molecular weight excluding hydrogens is 260 g/mol. The first-order chi connectivity index (χ1) is 9.45. The number of aromatic carboxylic acids is 1. The Morgan fingerprint density at radius 1 is 1.35 bits per heavy atom. The summed E-state index contributed by atoms with van der Waals surface area (Å²) in [7, 11) is 0. The average molecular weight is 274 g/mol. The van der Waals surface area contributed by atoms with Crippen molar-refractivity contribution < 1.29 is 14.8 Å². The summed E-state index contributed by atoms with van der Waals surface area (Å²) >= 11 is 0. The first-order valence-electron chi connectivity index (χ1n) is 6.14. The standard InChI is InChI=1S/C14H14N2O4/c1-3-15-12(6-7-13(15)14(17)18)11-5-4-10(16(19)20)8-9(11)2/h4-8H,3H2,1-2H3,(H,17,18). The van der Waals surface area contributed by atoms with Gasteiger partial charge in [-0.15, -0.1) is 0 Å². The number of benzene rings is 1. The molecule has 104 valence electrons. The van der Waals surface area contributed by atoms with Gasteiger partial charge in [-0.25, -0.2) is 4.79 Å². The predicted molar refractivity (Wildman–Crippen MR) is 73.9 cm³/mol. The molecule has 0 radical (unpaired) electrons. The van der Waals surface area contributed by atoms with Gasteiger partial charge in [0, 0.05) is 29.9 Å². The maximum atomic E-state index is 11.1. The minimum Gasteiger partial charge on any atom is -0.477 e. The summed E-state index contributed by atoms with van der Waals surface area (Å²) in [6, 6.07) is 7.84. The van der Waals surface area contributed by atoms with Gasteiger partial charge in [-0.05, 0) is 37.6 Å². The fraction of sp³-hybridized carbons (Fsp3) is 0.214. The van der Waals surface area contributed by atoms with Gasteiger partial charge in [0.25, 0.3) is 5.69 Å². The van der Waals surface area contributed by atoms with E-state index in [0.29, 0.717) is 6.54 Å². The van der Waals surface area contributed by atoms with Crippen LogP contribution in [0.5, 0.6) is 0 Å². The molecule has 1 aromatic heterocycles. The van der Waals surface area contributed by atoms with Crippen LogP contribution in [0.15, 0.2) is 30.3 Å². The van der Waals surface area contributed by atoms with E-state index in [1.54, 1.807) is 29.7 Å². The maximum absolute atomic E-state index is 11.1. The van der Waals surface area contributed by atoms with Gasteiger partial charge in [-0.1, -0.05) is 0 Å². The minimum absolute atomic E-state index is 0.0271. The zero-order valence-corrected chi connectivity index (χ0v) is 11.2. The van der Waals surface area contributed by atoms with Crippen molar-refractivity contribution in [3.8, 4) is 11.3 Å². The number of carbonyl (C=O) groups is 1. The van der Waals surface area contributed by atoms with E-state index in [0.717, 1.165) is 16.8 Å². The van der Waals surface area contributed by atoms with E-state index in [2.05, 4.69) is 0 Å². The summed E-state index contributed by atoms with van der Waals surface area (Å²) in [5.41, 5.74) is 2.52. The highest BCUT2D eigenvalue weighted by atomic mass is 16.6. The molecule has 6 nitrogen and oxygen atoms in total. The molecule has 0 atom stereocenters. The van der Waals surface area contributed by atoms with Crippen LogP contribution in [0.25, 0.3) is 11.3 Å². The molecule has 2 aromatic rings. The fourth-order valence-corrected chi connectivity index (χ4v) is 2.28. The lowest BCUT2D eigenvalue weighted by Gasteiger charge is -2.11. The molecule has 0 saturated carbocycles. The van der Waals surface area contributed by atoms with Crippen LogP contribution in [0, 0.1) is 17.0 Å². The lowest BCUT2D eigenvalue weighted by atomic mass is 10.0. The third kappa shape index (κ3) is 2.27. The minimum atomic E-state index is -0.988. The topological polar surface area (TPSA) is 85.4 Å². The number of carboxylic acid groups (broad SMARTS) is 1. The summed E-state index contributed by atoms with van der Waals surface area (Å²) < 4.78 is 1.68. The number of aryl methyl sites for hydroxylation is 1. The van der Waals surface area contributed by atoms with Crippen molar-refractivity contribution in [2.24, 2.45) is 0 Å². The third-order valence-electron chi connectivity index (χ3n) is 3.21. The lowest BCUT2D eigenvalue weighted by Crippen LogP contribution is -2.08. The van der Waals surface area contributed by atoms with Crippen LogP contribution in [0.3, 0.4) is 0 Å². The molecular formula is C14H14N2O4. The fourth-order valence-electron chi connectivity index (χ4n) is 2.28. The van der Waals surface area contributed by atoms with Gasteiger partial charge in [-0.3, -0.25) is 10.1 Å². The second kappa shape index (κ2) is 5.16. The van der Waals surface area contributed by atoms with Crippen LogP contribution in [-0.4, -0.2) is 20.6 Å². The Hall–Kier alpha value is -2.63. The number of aromatic nitrogens is 1. The molecule has 0 fully saturated rings. The number of hydrogen-bond acceptors (Lipinski definition) is 3. The molecule has 6 heteroatoms. The smallest absolute Gasteiger partial charge is 0.352 e. The third-order valence-corrected chi connectivity index (χ3v) is 3.21. The van der Waals surface area contributed by atoms with Gasteiger partial charge >= 0.3 is 5.97 Å². The van der Waals surface area contributed by atoms with Crippen LogP contribution < -0.4 is 0 Å². The number of nitrogens with zero attached hydrogens (tertiary/aromatic N) is 2. The van der Waals surface area contributed by atoms with Crippen molar-refractivity contribution in [3.05, 3.63) is 51.7 Å². The Morgan fingerprint density at radius 3 is 2.55 bits per heavy atom. The Morgan fingerprint density at radius 2 is 2.05 bits per heavy atom. The van der Waals surface area contributed by atoms with Gasteiger partial charge in [0.1, 0.15) is 5.69 Å². The molecule has 0 amide bonds. The maximum Gasteiger partial charge on any atom is 0.352 e. The van der Waals surface area contributed by atoms with E-state index < -0.39 is 10.9 Å². The summed E-state index contributed by atoms with van der Waals surface area (Å²) in [5, 5.41) is 19.9. The summed E-state index contributed by atoms with van der Waals surface area (Å²) in [4.78, 5) is 21.4. The molecule has 0 aliphatic heterocycles. The second-order valence-corrected chi connectivity index (χ2v) is 4.41. The number of hydrogen-bond donors (Lipinski definition) is 1. The van der Waals surface area contributed by atoms with E-state index in [1.165, 1.54) is 12.1 Å². The van der Waals surface area contributed by atoms with Gasteiger partial charge in [-0.2, -0.15) is 0 Å². The monoisotopic (exact) mass is 274 g/mol. The van der Waals surface area contributed by atoms with Crippen LogP contribution >= 0.6 is 0 Å². The zero-order valence-electron chi connectivity index (χ0n) is 11.2. The van der Waals surface area contributed by atoms with Crippen molar-refractivity contribution in [1.29, 1.82) is 0 Å². The Kier molecular flexibility index (Phi) is 3.56. The summed E-state index contributed by atoms with van der Waals surface area (Å²) in [6.07, 6.45) is 0. The van der Waals surface area contributed by atoms with Crippen molar-refractivity contribution in [1.82, 2.24) is 4.57 Å². The zero-order chi connectivity index (χ0) is 14.9. The highest BCUT2D eigenvalue weighted by molar-refractivity contribution is 5.87. The Bertz CT molecular complexity index is 688. The van der Waals surface area contributed by atoms with E-state index in [9.17, 15) is 14.9 Å². The highest BCUT2D eigenvalue weighted by Gasteiger charge is 2.16. The van der Waals surface area contributed by atoms with Gasteiger partial charge < -0.3 is 9.67 Å². The van der Waals surface area contributed by atoms with Crippen molar-refractivity contribution in [2.75, 3.05) is 0 Å². The summed E-state index contributed by atoms with van der Waals surface area (Å²) in [5.74, 6) is -0.988. The van der Waals surface area contributed by atoms with Gasteiger partial charge in [0.2, 0.25) is 0 Å². The normalized spacial score (nSPS) is 10.5. The molecule has 0 aliphatic rings. The average Bonchev–Trinajstić information content (AvgIpc) is 2.82. The van der Waals surface area contributed by atoms with Crippen molar-refractivity contribution in [3.63, 3.8) is 0 Å². The molecule has 1 N–H and O–H groups in total. The molecule has 0 bridgehead atoms. The molecule has 1 aromatic carbocycles. The van der Waals surface area contributed by atoms with Crippen LogP contribution in [0.1, 0.15) is 23.0 Å². The number of nitro benzene ring substituents is 1. The van der Waals surface area contributed by atoms with E-state index in [-0.39, 0.29) is 11.4 Å². The molecule has 0 spiro atoms. The molecule has 2 rings (SSSR count). The molecule has 0 saturated heterocycles. The number of nitro groups is 1.